The number of allylic oxidation sites excluding steroid dienone is 1. The fourth-order valence-electron chi connectivity index (χ4n) is 1.65. The largest absolute Gasteiger partial charge is 0.496 e. The molecule has 0 aromatic heterocycles. The minimum absolute atomic E-state index is 0.0344. The maximum Gasteiger partial charge on any atom is 0.190 e. The minimum Gasteiger partial charge on any atom is -0.496 e. The van der Waals surface area contributed by atoms with Crippen molar-refractivity contribution in [1.29, 1.82) is 0 Å². The Balaban J connectivity index is 2.86. The normalized spacial score (nSPS) is 9.76. The third-order valence-electron chi connectivity index (χ3n) is 2.43. The molecule has 0 heterocycles. The van der Waals surface area contributed by atoms with Gasteiger partial charge >= 0.3 is 0 Å². The highest BCUT2D eigenvalue weighted by atomic mass is 16.5. The van der Waals surface area contributed by atoms with Crippen LogP contribution in [0.3, 0.4) is 0 Å². The number of aryl methyl sites for hydroxylation is 1. The first-order valence-electron chi connectivity index (χ1n) is 5.50. The summed E-state index contributed by atoms with van der Waals surface area (Å²) in [6, 6.07) is 6.08. The van der Waals surface area contributed by atoms with Gasteiger partial charge in [-0.1, -0.05) is 25.6 Å². The molecule has 4 nitrogen and oxygen atoms in total. The molecular formula is C13H19N3O. The molecule has 4 heteroatoms. The highest BCUT2D eigenvalue weighted by Crippen LogP contribution is 2.22. The lowest BCUT2D eigenvalue weighted by Gasteiger charge is -2.09. The van der Waals surface area contributed by atoms with Crippen LogP contribution in [0.5, 0.6) is 5.75 Å². The van der Waals surface area contributed by atoms with E-state index < -0.39 is 0 Å². The molecule has 0 aliphatic rings. The van der Waals surface area contributed by atoms with Crippen molar-refractivity contribution in [1.82, 2.24) is 0 Å². The molecule has 0 radical (unpaired) electrons. The predicted molar refractivity (Wildman–Crippen MR) is 71.0 cm³/mol. The SMILES string of the molecule is C=C(Cc1ccc(CC)c(OC)c1)N=C(N)N. The van der Waals surface area contributed by atoms with Crippen LogP contribution in [0.4, 0.5) is 0 Å². The number of methoxy groups -OCH3 is 1. The molecule has 0 unspecified atom stereocenters. The molecule has 1 rings (SSSR count). The average Bonchev–Trinajstić information content (AvgIpc) is 2.27. The Labute approximate surface area is 102 Å². The van der Waals surface area contributed by atoms with Crippen molar-refractivity contribution < 1.29 is 4.74 Å². The minimum atomic E-state index is 0.0344. The number of guanidine groups is 1. The first kappa shape index (κ1) is 13.1. The molecule has 4 N–H and O–H groups in total. The number of nitrogens with zero attached hydrogens (tertiary/aromatic N) is 1. The maximum atomic E-state index is 5.32. The number of hydrogen-bond acceptors (Lipinski definition) is 2. The van der Waals surface area contributed by atoms with Gasteiger partial charge in [-0.15, -0.1) is 0 Å². The second kappa shape index (κ2) is 5.94. The van der Waals surface area contributed by atoms with Crippen LogP contribution < -0.4 is 16.2 Å². The summed E-state index contributed by atoms with van der Waals surface area (Å²) >= 11 is 0. The van der Waals surface area contributed by atoms with Gasteiger partial charge in [-0.05, 0) is 23.6 Å². The Morgan fingerprint density at radius 3 is 2.65 bits per heavy atom. The topological polar surface area (TPSA) is 73.6 Å². The number of ether oxygens (including phenoxy) is 1. The lowest BCUT2D eigenvalue weighted by molar-refractivity contribution is 0.409. The zero-order valence-electron chi connectivity index (χ0n) is 10.4. The molecule has 0 amide bonds. The van der Waals surface area contributed by atoms with Gasteiger partial charge in [-0.2, -0.15) is 0 Å². The van der Waals surface area contributed by atoms with Gasteiger partial charge in [0.1, 0.15) is 5.75 Å². The molecule has 0 saturated heterocycles. The Morgan fingerprint density at radius 2 is 2.12 bits per heavy atom. The molecule has 17 heavy (non-hydrogen) atoms. The molecule has 1 aromatic rings. The van der Waals surface area contributed by atoms with Crippen molar-refractivity contribution in [3.8, 4) is 5.75 Å². The number of benzene rings is 1. The first-order valence-corrected chi connectivity index (χ1v) is 5.50. The highest BCUT2D eigenvalue weighted by Gasteiger charge is 2.03. The fourth-order valence-corrected chi connectivity index (χ4v) is 1.65. The second-order valence-corrected chi connectivity index (χ2v) is 3.78. The molecule has 0 bridgehead atoms. The first-order chi connectivity index (χ1) is 8.06. The Kier molecular flexibility index (Phi) is 4.57. The zero-order valence-corrected chi connectivity index (χ0v) is 10.4. The van der Waals surface area contributed by atoms with Gasteiger partial charge in [-0.3, -0.25) is 0 Å². The summed E-state index contributed by atoms with van der Waals surface area (Å²) < 4.78 is 5.32. The van der Waals surface area contributed by atoms with E-state index in [1.807, 2.05) is 12.1 Å². The summed E-state index contributed by atoms with van der Waals surface area (Å²) in [7, 11) is 1.67. The average molecular weight is 233 g/mol. The van der Waals surface area contributed by atoms with E-state index in [1.54, 1.807) is 7.11 Å². The van der Waals surface area contributed by atoms with Crippen LogP contribution in [0.2, 0.25) is 0 Å². The number of aliphatic imine (C=N–C) groups is 1. The van der Waals surface area contributed by atoms with Gasteiger partial charge in [-0.25, -0.2) is 4.99 Å². The summed E-state index contributed by atoms with van der Waals surface area (Å²) in [6.07, 6.45) is 1.55. The van der Waals surface area contributed by atoms with Crippen molar-refractivity contribution in [2.24, 2.45) is 16.5 Å². The highest BCUT2D eigenvalue weighted by molar-refractivity contribution is 5.76. The van der Waals surface area contributed by atoms with Crippen LogP contribution in [0.1, 0.15) is 18.1 Å². The third-order valence-corrected chi connectivity index (χ3v) is 2.43. The quantitative estimate of drug-likeness (QED) is 0.599. The van der Waals surface area contributed by atoms with Crippen LogP contribution in [0.15, 0.2) is 35.5 Å². The smallest absolute Gasteiger partial charge is 0.190 e. The standard InChI is InChI=1S/C13H19N3O/c1-4-11-6-5-10(8-12(11)17-3)7-9(2)16-13(14)15/h5-6,8H,2,4,7H2,1,3H3,(H4,14,15,16). The number of nitrogens with two attached hydrogens (primary N) is 2. The number of hydrogen-bond donors (Lipinski definition) is 2. The van der Waals surface area contributed by atoms with E-state index in [4.69, 9.17) is 16.2 Å². The molecule has 0 atom stereocenters. The molecule has 0 aliphatic carbocycles. The Hall–Kier alpha value is -1.97. The molecule has 0 saturated carbocycles. The molecule has 0 aliphatic heterocycles. The van der Waals surface area contributed by atoms with E-state index in [2.05, 4.69) is 24.6 Å². The van der Waals surface area contributed by atoms with Crippen LogP contribution in [0.25, 0.3) is 0 Å². The maximum absolute atomic E-state index is 5.32. The summed E-state index contributed by atoms with van der Waals surface area (Å²) in [5.41, 5.74) is 13.5. The summed E-state index contributed by atoms with van der Waals surface area (Å²) in [4.78, 5) is 3.91. The lowest BCUT2D eigenvalue weighted by atomic mass is 10.1. The van der Waals surface area contributed by atoms with Crippen molar-refractivity contribution in [3.05, 3.63) is 41.6 Å². The van der Waals surface area contributed by atoms with Gasteiger partial charge in [0.25, 0.3) is 0 Å². The van der Waals surface area contributed by atoms with Gasteiger partial charge in [0, 0.05) is 12.1 Å². The summed E-state index contributed by atoms with van der Waals surface area (Å²) in [6.45, 7) is 5.89. The molecule has 92 valence electrons. The molecule has 0 fully saturated rings. The van der Waals surface area contributed by atoms with Crippen LogP contribution in [0, 0.1) is 0 Å². The van der Waals surface area contributed by atoms with Gasteiger partial charge in [0.2, 0.25) is 0 Å². The van der Waals surface area contributed by atoms with E-state index in [-0.39, 0.29) is 5.96 Å². The predicted octanol–water partition coefficient (Wildman–Crippen LogP) is 1.59. The zero-order chi connectivity index (χ0) is 12.8. The van der Waals surface area contributed by atoms with E-state index in [9.17, 15) is 0 Å². The van der Waals surface area contributed by atoms with E-state index in [0.29, 0.717) is 12.1 Å². The van der Waals surface area contributed by atoms with Crippen LogP contribution in [-0.2, 0) is 12.8 Å². The Morgan fingerprint density at radius 1 is 1.41 bits per heavy atom. The lowest BCUT2D eigenvalue weighted by Crippen LogP contribution is -2.22. The fraction of sp³-hybridized carbons (Fsp3) is 0.308. The summed E-state index contributed by atoms with van der Waals surface area (Å²) in [5.74, 6) is 0.926. The van der Waals surface area contributed by atoms with Crippen molar-refractivity contribution in [3.63, 3.8) is 0 Å². The second-order valence-electron chi connectivity index (χ2n) is 3.78. The van der Waals surface area contributed by atoms with E-state index in [1.165, 1.54) is 5.56 Å². The Bertz CT molecular complexity index is 434. The van der Waals surface area contributed by atoms with E-state index in [0.717, 1.165) is 17.7 Å². The van der Waals surface area contributed by atoms with Crippen molar-refractivity contribution in [2.45, 2.75) is 19.8 Å². The van der Waals surface area contributed by atoms with Crippen molar-refractivity contribution >= 4 is 5.96 Å². The van der Waals surface area contributed by atoms with Crippen molar-refractivity contribution in [2.75, 3.05) is 7.11 Å². The van der Waals surface area contributed by atoms with Gasteiger partial charge in [0.15, 0.2) is 5.96 Å². The molecule has 1 aromatic carbocycles. The third kappa shape index (κ3) is 3.83. The van der Waals surface area contributed by atoms with Crippen LogP contribution >= 0.6 is 0 Å². The number of rotatable bonds is 5. The van der Waals surface area contributed by atoms with E-state index >= 15 is 0 Å². The summed E-state index contributed by atoms with van der Waals surface area (Å²) in [5, 5.41) is 0. The van der Waals surface area contributed by atoms with Crippen LogP contribution in [-0.4, -0.2) is 13.1 Å². The molecule has 0 spiro atoms. The van der Waals surface area contributed by atoms with Gasteiger partial charge < -0.3 is 16.2 Å². The molecular weight excluding hydrogens is 214 g/mol. The monoisotopic (exact) mass is 233 g/mol. The van der Waals surface area contributed by atoms with Gasteiger partial charge in [0.05, 0.1) is 7.11 Å².